The number of Topliss-reactive ketones (excluding diaryl/α,β-unsaturated/α-hetero) is 1. The van der Waals surface area contributed by atoms with E-state index in [2.05, 4.69) is 6.92 Å². The van der Waals surface area contributed by atoms with Crippen molar-refractivity contribution in [2.75, 3.05) is 13.6 Å². The molecule has 3 heteroatoms. The van der Waals surface area contributed by atoms with Crippen molar-refractivity contribution >= 4 is 11.7 Å². The van der Waals surface area contributed by atoms with E-state index in [1.807, 2.05) is 31.2 Å². The molecule has 0 aliphatic carbocycles. The molecule has 104 valence electrons. The molecule has 0 saturated heterocycles. The van der Waals surface area contributed by atoms with Crippen molar-refractivity contribution in [3.8, 4) is 0 Å². The van der Waals surface area contributed by atoms with Crippen LogP contribution in [0.3, 0.4) is 0 Å². The third-order valence-corrected chi connectivity index (χ3v) is 3.28. The number of rotatable bonds is 7. The number of amides is 1. The number of nitrogens with zero attached hydrogens (tertiary/aromatic N) is 1. The second-order valence-electron chi connectivity index (χ2n) is 4.91. The van der Waals surface area contributed by atoms with Crippen LogP contribution < -0.4 is 0 Å². The summed E-state index contributed by atoms with van der Waals surface area (Å²) >= 11 is 0. The van der Waals surface area contributed by atoms with Crippen LogP contribution in [0.25, 0.3) is 0 Å². The zero-order valence-electron chi connectivity index (χ0n) is 12.1. The van der Waals surface area contributed by atoms with Gasteiger partial charge in [0.2, 0.25) is 5.91 Å². The summed E-state index contributed by atoms with van der Waals surface area (Å²) in [6, 6.07) is 7.51. The van der Waals surface area contributed by atoms with Gasteiger partial charge in [-0.1, -0.05) is 37.6 Å². The van der Waals surface area contributed by atoms with Gasteiger partial charge in [-0.05, 0) is 18.9 Å². The van der Waals surface area contributed by atoms with Crippen molar-refractivity contribution in [2.24, 2.45) is 0 Å². The SMILES string of the molecule is CCCCN(C)C(=O)CCC(=O)c1ccccc1C. The maximum absolute atomic E-state index is 12.0. The Labute approximate surface area is 115 Å². The minimum atomic E-state index is 0.0512. The summed E-state index contributed by atoms with van der Waals surface area (Å²) in [5.41, 5.74) is 1.70. The Balaban J connectivity index is 2.46. The van der Waals surface area contributed by atoms with Gasteiger partial charge in [0.15, 0.2) is 5.78 Å². The normalized spacial score (nSPS) is 10.3. The number of hydrogen-bond donors (Lipinski definition) is 0. The molecule has 1 rings (SSSR count). The van der Waals surface area contributed by atoms with Gasteiger partial charge in [0.1, 0.15) is 0 Å². The molecule has 1 aromatic carbocycles. The smallest absolute Gasteiger partial charge is 0.222 e. The molecule has 0 atom stereocenters. The van der Waals surface area contributed by atoms with E-state index >= 15 is 0 Å². The van der Waals surface area contributed by atoms with Crippen LogP contribution in [0.1, 0.15) is 48.5 Å². The van der Waals surface area contributed by atoms with Gasteiger partial charge < -0.3 is 4.90 Å². The van der Waals surface area contributed by atoms with Crippen LogP contribution in [0.5, 0.6) is 0 Å². The fraction of sp³-hybridized carbons (Fsp3) is 0.500. The molecular formula is C16H23NO2. The molecule has 0 saturated carbocycles. The minimum absolute atomic E-state index is 0.0512. The maximum Gasteiger partial charge on any atom is 0.222 e. The molecule has 0 fully saturated rings. The van der Waals surface area contributed by atoms with E-state index in [4.69, 9.17) is 0 Å². The third-order valence-electron chi connectivity index (χ3n) is 3.28. The fourth-order valence-electron chi connectivity index (χ4n) is 1.95. The highest BCUT2D eigenvalue weighted by Gasteiger charge is 2.13. The van der Waals surface area contributed by atoms with E-state index in [1.54, 1.807) is 11.9 Å². The van der Waals surface area contributed by atoms with Gasteiger partial charge in [-0.15, -0.1) is 0 Å². The van der Waals surface area contributed by atoms with E-state index in [0.29, 0.717) is 12.8 Å². The Morgan fingerprint density at radius 2 is 1.84 bits per heavy atom. The lowest BCUT2D eigenvalue weighted by molar-refractivity contribution is -0.129. The Morgan fingerprint density at radius 3 is 2.47 bits per heavy atom. The van der Waals surface area contributed by atoms with Gasteiger partial charge in [-0.25, -0.2) is 0 Å². The fourth-order valence-corrected chi connectivity index (χ4v) is 1.95. The molecule has 0 heterocycles. The van der Waals surface area contributed by atoms with Crippen LogP contribution in [-0.2, 0) is 4.79 Å². The molecule has 0 aliphatic rings. The largest absolute Gasteiger partial charge is 0.346 e. The summed E-state index contributed by atoms with van der Waals surface area (Å²) in [6.45, 7) is 4.79. The summed E-state index contributed by atoms with van der Waals surface area (Å²) < 4.78 is 0. The Morgan fingerprint density at radius 1 is 1.16 bits per heavy atom. The van der Waals surface area contributed by atoms with Crippen LogP contribution in [0.15, 0.2) is 24.3 Å². The van der Waals surface area contributed by atoms with Gasteiger partial charge >= 0.3 is 0 Å². The first-order valence-corrected chi connectivity index (χ1v) is 6.89. The van der Waals surface area contributed by atoms with Crippen LogP contribution in [0.2, 0.25) is 0 Å². The topological polar surface area (TPSA) is 37.4 Å². The lowest BCUT2D eigenvalue weighted by Gasteiger charge is -2.16. The standard InChI is InChI=1S/C16H23NO2/c1-4-5-12-17(3)16(19)11-10-15(18)14-9-7-6-8-13(14)2/h6-9H,4-5,10-12H2,1-3H3. The molecular weight excluding hydrogens is 238 g/mol. The monoisotopic (exact) mass is 261 g/mol. The van der Waals surface area contributed by atoms with E-state index in [0.717, 1.165) is 30.5 Å². The van der Waals surface area contributed by atoms with Crippen molar-refractivity contribution in [3.63, 3.8) is 0 Å². The molecule has 0 aliphatic heterocycles. The first-order chi connectivity index (χ1) is 9.06. The maximum atomic E-state index is 12.0. The number of hydrogen-bond acceptors (Lipinski definition) is 2. The first-order valence-electron chi connectivity index (χ1n) is 6.89. The summed E-state index contributed by atoms with van der Waals surface area (Å²) in [5, 5.41) is 0. The molecule has 19 heavy (non-hydrogen) atoms. The van der Waals surface area contributed by atoms with E-state index in [1.165, 1.54) is 0 Å². The van der Waals surface area contributed by atoms with Crippen molar-refractivity contribution in [1.29, 1.82) is 0 Å². The lowest BCUT2D eigenvalue weighted by atomic mass is 10.0. The number of carbonyl (C=O) groups excluding carboxylic acids is 2. The van der Waals surface area contributed by atoms with Crippen molar-refractivity contribution < 1.29 is 9.59 Å². The number of carbonyl (C=O) groups is 2. The zero-order valence-corrected chi connectivity index (χ0v) is 12.1. The Hall–Kier alpha value is -1.64. The average molecular weight is 261 g/mol. The quantitative estimate of drug-likeness (QED) is 0.707. The highest BCUT2D eigenvalue weighted by atomic mass is 16.2. The first kappa shape index (κ1) is 15.4. The predicted molar refractivity (Wildman–Crippen MR) is 77.3 cm³/mol. The van der Waals surface area contributed by atoms with E-state index < -0.39 is 0 Å². The number of ketones is 1. The van der Waals surface area contributed by atoms with Crippen LogP contribution in [-0.4, -0.2) is 30.2 Å². The van der Waals surface area contributed by atoms with Gasteiger partial charge in [0.25, 0.3) is 0 Å². The van der Waals surface area contributed by atoms with Gasteiger partial charge in [-0.2, -0.15) is 0 Å². The number of aryl methyl sites for hydroxylation is 1. The molecule has 0 unspecified atom stereocenters. The molecule has 1 amide bonds. The summed E-state index contributed by atoms with van der Waals surface area (Å²) in [5.74, 6) is 0.103. The highest BCUT2D eigenvalue weighted by Crippen LogP contribution is 2.11. The van der Waals surface area contributed by atoms with Gasteiger partial charge in [-0.3, -0.25) is 9.59 Å². The Kier molecular flexibility index (Phi) is 6.26. The van der Waals surface area contributed by atoms with E-state index in [9.17, 15) is 9.59 Å². The molecule has 1 aromatic rings. The molecule has 0 bridgehead atoms. The third kappa shape index (κ3) is 4.86. The molecule has 0 spiro atoms. The van der Waals surface area contributed by atoms with Gasteiger partial charge in [0.05, 0.1) is 0 Å². The average Bonchev–Trinajstić information content (AvgIpc) is 2.42. The van der Waals surface area contributed by atoms with Crippen molar-refractivity contribution in [2.45, 2.75) is 39.5 Å². The lowest BCUT2D eigenvalue weighted by Crippen LogP contribution is -2.28. The second-order valence-corrected chi connectivity index (χ2v) is 4.91. The van der Waals surface area contributed by atoms with Crippen molar-refractivity contribution in [3.05, 3.63) is 35.4 Å². The molecule has 0 N–H and O–H groups in total. The van der Waals surface area contributed by atoms with Crippen LogP contribution in [0, 0.1) is 6.92 Å². The Bertz CT molecular complexity index is 440. The summed E-state index contributed by atoms with van der Waals surface area (Å²) in [6.07, 6.45) is 2.67. The van der Waals surface area contributed by atoms with Crippen LogP contribution >= 0.6 is 0 Å². The number of unbranched alkanes of at least 4 members (excludes halogenated alkanes) is 1. The molecule has 0 aromatic heterocycles. The summed E-state index contributed by atoms with van der Waals surface area (Å²) in [4.78, 5) is 25.6. The van der Waals surface area contributed by atoms with Gasteiger partial charge in [0, 0.05) is 32.0 Å². The minimum Gasteiger partial charge on any atom is -0.346 e. The summed E-state index contributed by atoms with van der Waals surface area (Å²) in [7, 11) is 1.80. The predicted octanol–water partition coefficient (Wildman–Crippen LogP) is 3.22. The second kappa shape index (κ2) is 7.72. The van der Waals surface area contributed by atoms with E-state index in [-0.39, 0.29) is 11.7 Å². The highest BCUT2D eigenvalue weighted by molar-refractivity contribution is 5.99. The molecule has 0 radical (unpaired) electrons. The zero-order chi connectivity index (χ0) is 14.3. The molecule has 3 nitrogen and oxygen atoms in total. The van der Waals surface area contributed by atoms with Crippen molar-refractivity contribution in [1.82, 2.24) is 4.90 Å². The van der Waals surface area contributed by atoms with Crippen LogP contribution in [0.4, 0.5) is 0 Å². The number of benzene rings is 1.